The van der Waals surface area contributed by atoms with E-state index in [2.05, 4.69) is 5.32 Å². The third-order valence-corrected chi connectivity index (χ3v) is 7.69. The first-order chi connectivity index (χ1) is 19.2. The van der Waals surface area contributed by atoms with Gasteiger partial charge in [-0.05, 0) is 73.7 Å². The SMILES string of the molecule is CCOC(=O)C1=C(C)N(Cc2cccc(C(=O)NCCc3ccc(Cl)cc3Cl)c2)C(=O)CC1c1ccccc1C. The Balaban J connectivity index is 1.52. The Bertz CT molecular complexity index is 1470. The summed E-state index contributed by atoms with van der Waals surface area (Å²) in [6, 6.07) is 20.2. The summed E-state index contributed by atoms with van der Waals surface area (Å²) >= 11 is 12.2. The lowest BCUT2D eigenvalue weighted by Crippen LogP contribution is -2.38. The molecule has 2 amide bonds. The van der Waals surface area contributed by atoms with E-state index in [-0.39, 0.29) is 37.3 Å². The van der Waals surface area contributed by atoms with Gasteiger partial charge in [0.15, 0.2) is 0 Å². The second-order valence-electron chi connectivity index (χ2n) is 9.75. The zero-order valence-corrected chi connectivity index (χ0v) is 24.3. The molecule has 1 unspecified atom stereocenters. The molecule has 1 aliphatic heterocycles. The van der Waals surface area contributed by atoms with E-state index in [0.717, 1.165) is 22.3 Å². The van der Waals surface area contributed by atoms with E-state index in [9.17, 15) is 14.4 Å². The Morgan fingerprint density at radius 2 is 1.80 bits per heavy atom. The molecule has 0 radical (unpaired) electrons. The first kappa shape index (κ1) is 29.4. The van der Waals surface area contributed by atoms with Crippen molar-refractivity contribution in [1.82, 2.24) is 10.2 Å². The van der Waals surface area contributed by atoms with Crippen molar-refractivity contribution < 1.29 is 19.1 Å². The van der Waals surface area contributed by atoms with E-state index >= 15 is 0 Å². The number of benzene rings is 3. The van der Waals surface area contributed by atoms with Crippen molar-refractivity contribution in [1.29, 1.82) is 0 Å². The Labute approximate surface area is 244 Å². The molecule has 3 aromatic carbocycles. The predicted octanol–water partition coefficient (Wildman–Crippen LogP) is 6.63. The molecule has 1 atom stereocenters. The molecule has 0 saturated carbocycles. The number of carbonyl (C=O) groups excluding carboxylic acids is 3. The maximum Gasteiger partial charge on any atom is 0.336 e. The monoisotopic (exact) mass is 578 g/mol. The Morgan fingerprint density at radius 3 is 2.52 bits per heavy atom. The number of carbonyl (C=O) groups is 3. The molecular weight excluding hydrogens is 547 g/mol. The molecule has 0 aromatic heterocycles. The zero-order chi connectivity index (χ0) is 28.8. The van der Waals surface area contributed by atoms with Gasteiger partial charge >= 0.3 is 5.97 Å². The van der Waals surface area contributed by atoms with Crippen molar-refractivity contribution >= 4 is 41.0 Å². The fourth-order valence-electron chi connectivity index (χ4n) is 5.05. The number of halogens is 2. The number of nitrogens with one attached hydrogen (secondary N) is 1. The van der Waals surface area contributed by atoms with E-state index in [0.29, 0.717) is 39.8 Å². The highest BCUT2D eigenvalue weighted by Crippen LogP contribution is 2.39. The molecule has 0 spiro atoms. The number of ether oxygens (including phenoxy) is 1. The Kier molecular flexibility index (Phi) is 9.67. The summed E-state index contributed by atoms with van der Waals surface area (Å²) in [7, 11) is 0. The number of rotatable bonds is 9. The second-order valence-corrected chi connectivity index (χ2v) is 10.6. The molecule has 0 aliphatic carbocycles. The molecule has 1 heterocycles. The van der Waals surface area contributed by atoms with Crippen LogP contribution in [0.4, 0.5) is 0 Å². The third-order valence-electron chi connectivity index (χ3n) is 7.11. The van der Waals surface area contributed by atoms with Crippen LogP contribution in [-0.4, -0.2) is 35.8 Å². The van der Waals surface area contributed by atoms with Gasteiger partial charge in [0.25, 0.3) is 5.91 Å². The number of allylic oxidation sites excluding steroid dienone is 1. The van der Waals surface area contributed by atoms with Gasteiger partial charge in [-0.2, -0.15) is 0 Å². The number of hydrogen-bond acceptors (Lipinski definition) is 4. The lowest BCUT2D eigenvalue weighted by molar-refractivity contribution is -0.140. The van der Waals surface area contributed by atoms with Crippen LogP contribution in [0.1, 0.15) is 58.8 Å². The van der Waals surface area contributed by atoms with Crippen LogP contribution < -0.4 is 5.32 Å². The van der Waals surface area contributed by atoms with E-state index in [1.54, 1.807) is 49.1 Å². The molecular formula is C32H32Cl2N2O4. The lowest BCUT2D eigenvalue weighted by atomic mass is 9.81. The van der Waals surface area contributed by atoms with Crippen LogP contribution in [-0.2, 0) is 27.3 Å². The van der Waals surface area contributed by atoms with Gasteiger partial charge in [-0.1, -0.05) is 65.7 Å². The van der Waals surface area contributed by atoms with Crippen molar-refractivity contribution in [2.24, 2.45) is 0 Å². The van der Waals surface area contributed by atoms with Gasteiger partial charge in [-0.25, -0.2) is 4.79 Å². The molecule has 4 rings (SSSR count). The molecule has 0 bridgehead atoms. The molecule has 208 valence electrons. The van der Waals surface area contributed by atoms with E-state index in [1.807, 2.05) is 43.3 Å². The summed E-state index contributed by atoms with van der Waals surface area (Å²) in [6.45, 7) is 6.40. The normalized spacial score (nSPS) is 15.3. The molecule has 1 N–H and O–H groups in total. The van der Waals surface area contributed by atoms with Gasteiger partial charge in [0.1, 0.15) is 0 Å². The second kappa shape index (κ2) is 13.2. The first-order valence-electron chi connectivity index (χ1n) is 13.2. The van der Waals surface area contributed by atoms with Crippen LogP contribution in [0.5, 0.6) is 0 Å². The highest BCUT2D eigenvalue weighted by atomic mass is 35.5. The van der Waals surface area contributed by atoms with Crippen molar-refractivity contribution in [2.75, 3.05) is 13.2 Å². The number of esters is 1. The molecule has 0 saturated heterocycles. The van der Waals surface area contributed by atoms with Crippen molar-refractivity contribution in [2.45, 2.75) is 46.1 Å². The summed E-state index contributed by atoms with van der Waals surface area (Å²) in [5.74, 6) is -1.11. The van der Waals surface area contributed by atoms with Gasteiger partial charge in [-0.15, -0.1) is 0 Å². The number of aryl methyl sites for hydroxylation is 1. The van der Waals surface area contributed by atoms with E-state index < -0.39 is 5.97 Å². The van der Waals surface area contributed by atoms with Gasteiger partial charge in [0.2, 0.25) is 5.91 Å². The van der Waals surface area contributed by atoms with Crippen LogP contribution in [0.2, 0.25) is 10.0 Å². The van der Waals surface area contributed by atoms with Crippen LogP contribution >= 0.6 is 23.2 Å². The molecule has 6 nitrogen and oxygen atoms in total. The molecule has 1 aliphatic rings. The highest BCUT2D eigenvalue weighted by molar-refractivity contribution is 6.35. The number of amides is 2. The summed E-state index contributed by atoms with van der Waals surface area (Å²) in [6.07, 6.45) is 0.718. The number of hydrogen-bond donors (Lipinski definition) is 1. The van der Waals surface area contributed by atoms with E-state index in [4.69, 9.17) is 27.9 Å². The molecule has 40 heavy (non-hydrogen) atoms. The average Bonchev–Trinajstić information content (AvgIpc) is 2.92. The molecule has 0 fully saturated rings. The first-order valence-corrected chi connectivity index (χ1v) is 14.0. The maximum atomic E-state index is 13.4. The highest BCUT2D eigenvalue weighted by Gasteiger charge is 2.37. The smallest absolute Gasteiger partial charge is 0.336 e. The summed E-state index contributed by atoms with van der Waals surface area (Å²) < 4.78 is 5.41. The van der Waals surface area contributed by atoms with Crippen molar-refractivity contribution in [3.8, 4) is 0 Å². The Morgan fingerprint density at radius 1 is 1.02 bits per heavy atom. The molecule has 3 aromatic rings. The standard InChI is InChI=1S/C32H32Cl2N2O4/c1-4-40-32(39)30-21(3)36(29(37)18-27(30)26-11-6-5-8-20(26)2)19-22-9-7-10-24(16-22)31(38)35-15-14-23-12-13-25(33)17-28(23)34/h5-13,16-17,27H,4,14-15,18-19H2,1-3H3,(H,35,38). The van der Waals surface area contributed by atoms with Crippen LogP contribution in [0.15, 0.2) is 78.0 Å². The summed E-state index contributed by atoms with van der Waals surface area (Å²) in [4.78, 5) is 41.0. The summed E-state index contributed by atoms with van der Waals surface area (Å²) in [5, 5.41) is 4.04. The lowest BCUT2D eigenvalue weighted by Gasteiger charge is -2.35. The van der Waals surface area contributed by atoms with Crippen molar-refractivity contribution in [3.63, 3.8) is 0 Å². The van der Waals surface area contributed by atoms with Gasteiger partial charge in [-0.3, -0.25) is 9.59 Å². The van der Waals surface area contributed by atoms with Gasteiger partial charge < -0.3 is 15.0 Å². The number of nitrogens with zero attached hydrogens (tertiary/aromatic N) is 1. The van der Waals surface area contributed by atoms with Crippen LogP contribution in [0.25, 0.3) is 0 Å². The van der Waals surface area contributed by atoms with Gasteiger partial charge in [0.05, 0.1) is 18.7 Å². The minimum absolute atomic E-state index is 0.0894. The van der Waals surface area contributed by atoms with Crippen molar-refractivity contribution in [3.05, 3.63) is 116 Å². The predicted molar refractivity (Wildman–Crippen MR) is 157 cm³/mol. The fourth-order valence-corrected chi connectivity index (χ4v) is 5.55. The largest absolute Gasteiger partial charge is 0.463 e. The van der Waals surface area contributed by atoms with Crippen LogP contribution in [0, 0.1) is 6.92 Å². The third kappa shape index (κ3) is 6.75. The fraction of sp³-hybridized carbons (Fsp3) is 0.281. The van der Waals surface area contributed by atoms with E-state index in [1.165, 1.54) is 0 Å². The Hall–Kier alpha value is -3.61. The van der Waals surface area contributed by atoms with Gasteiger partial charge in [0, 0.05) is 40.2 Å². The quantitative estimate of drug-likeness (QED) is 0.289. The van der Waals surface area contributed by atoms with Crippen LogP contribution in [0.3, 0.4) is 0 Å². The minimum Gasteiger partial charge on any atom is -0.463 e. The maximum absolute atomic E-state index is 13.4. The zero-order valence-electron chi connectivity index (χ0n) is 22.8. The topological polar surface area (TPSA) is 75.7 Å². The summed E-state index contributed by atoms with van der Waals surface area (Å²) in [5.41, 5.74) is 5.17. The molecule has 8 heteroatoms. The average molecular weight is 580 g/mol. The minimum atomic E-state index is -0.417.